The van der Waals surface area contributed by atoms with Crippen LogP contribution < -0.4 is 20.7 Å². The minimum absolute atomic E-state index is 0.949. The van der Waals surface area contributed by atoms with Gasteiger partial charge in [-0.3, -0.25) is 0 Å². The summed E-state index contributed by atoms with van der Waals surface area (Å²) in [7, 11) is -2.72. The van der Waals surface area contributed by atoms with Crippen molar-refractivity contribution in [1.82, 2.24) is 9.55 Å². The van der Waals surface area contributed by atoms with Crippen LogP contribution in [-0.2, 0) is 0 Å². The number of hydrogen-bond donors (Lipinski definition) is 0. The van der Waals surface area contributed by atoms with E-state index in [-0.39, 0.29) is 0 Å². The van der Waals surface area contributed by atoms with Gasteiger partial charge in [0.25, 0.3) is 0 Å². The number of aryl methyl sites for hydroxylation is 1. The number of aromatic nitrogens is 2. The number of para-hydroxylation sites is 2. The molecule has 0 aliphatic rings. The summed E-state index contributed by atoms with van der Waals surface area (Å²) in [5, 5.41) is 7.88. The first-order chi connectivity index (χ1) is 25.2. The highest BCUT2D eigenvalue weighted by Gasteiger charge is 2.41. The van der Waals surface area contributed by atoms with Gasteiger partial charge in [-0.2, -0.15) is 0 Å². The molecule has 2 nitrogen and oxygen atoms in total. The van der Waals surface area contributed by atoms with Crippen molar-refractivity contribution in [3.63, 3.8) is 0 Å². The lowest BCUT2D eigenvalue weighted by Crippen LogP contribution is -2.74. The third-order valence-electron chi connectivity index (χ3n) is 10.2. The molecule has 2 heterocycles. The molecule has 0 bridgehead atoms. The summed E-state index contributed by atoms with van der Waals surface area (Å²) in [5.41, 5.74) is 8.79. The Kier molecular flexibility index (Phi) is 7.76. The zero-order chi connectivity index (χ0) is 34.2. The van der Waals surface area contributed by atoms with Gasteiger partial charge in [0.1, 0.15) is 0 Å². The Morgan fingerprint density at radius 3 is 1.33 bits per heavy atom. The highest BCUT2D eigenvalue weighted by Crippen LogP contribution is 2.35. The van der Waals surface area contributed by atoms with Gasteiger partial charge in [0, 0.05) is 21.9 Å². The predicted octanol–water partition coefficient (Wildman–Crippen LogP) is 9.20. The summed E-state index contributed by atoms with van der Waals surface area (Å²) >= 11 is 0. The molecular weight excluding hydrogens is 633 g/mol. The van der Waals surface area contributed by atoms with Gasteiger partial charge in [0.2, 0.25) is 0 Å². The summed E-state index contributed by atoms with van der Waals surface area (Å²) < 4.78 is 2.40. The molecule has 0 amide bonds. The van der Waals surface area contributed by atoms with E-state index in [9.17, 15) is 0 Å². The lowest BCUT2D eigenvalue weighted by atomic mass is 10.1. The maximum atomic E-state index is 5.43. The van der Waals surface area contributed by atoms with Crippen molar-refractivity contribution < 1.29 is 0 Å². The molecule has 0 N–H and O–H groups in total. The highest BCUT2D eigenvalue weighted by atomic mass is 28.3. The number of hydrogen-bond acceptors (Lipinski definition) is 1. The van der Waals surface area contributed by atoms with Crippen LogP contribution in [-0.4, -0.2) is 17.6 Å². The van der Waals surface area contributed by atoms with Crippen molar-refractivity contribution >= 4 is 50.6 Å². The smallest absolute Gasteiger partial charge is 0.179 e. The molecule has 9 aromatic rings. The molecule has 0 aliphatic carbocycles. The summed E-state index contributed by atoms with van der Waals surface area (Å²) in [6, 6.07) is 73.1. The van der Waals surface area contributed by atoms with Gasteiger partial charge in [-0.1, -0.05) is 175 Å². The van der Waals surface area contributed by atoms with E-state index < -0.39 is 8.07 Å². The first-order valence-corrected chi connectivity index (χ1v) is 19.6. The lowest BCUT2D eigenvalue weighted by molar-refractivity contribution is 1.16. The molecule has 3 heteroatoms. The topological polar surface area (TPSA) is 17.8 Å². The molecule has 0 aliphatic heterocycles. The van der Waals surface area contributed by atoms with Crippen LogP contribution in [0.1, 0.15) is 5.56 Å². The Bertz CT molecular complexity index is 2490. The number of pyridine rings is 1. The first-order valence-electron chi connectivity index (χ1n) is 17.6. The van der Waals surface area contributed by atoms with Crippen molar-refractivity contribution in [2.45, 2.75) is 6.92 Å². The summed E-state index contributed by atoms with van der Waals surface area (Å²) in [5.74, 6) is 0. The Morgan fingerprint density at radius 1 is 0.392 bits per heavy atom. The van der Waals surface area contributed by atoms with Crippen LogP contribution in [0.2, 0.25) is 0 Å². The molecule has 9 rings (SSSR count). The van der Waals surface area contributed by atoms with Crippen molar-refractivity contribution in [2.75, 3.05) is 0 Å². The van der Waals surface area contributed by atoms with E-state index in [4.69, 9.17) is 4.98 Å². The van der Waals surface area contributed by atoms with Crippen LogP contribution >= 0.6 is 0 Å². The molecule has 0 unspecified atom stereocenters. The van der Waals surface area contributed by atoms with Crippen LogP contribution in [0.25, 0.3) is 50.0 Å². The summed E-state index contributed by atoms with van der Waals surface area (Å²) in [6.07, 6.45) is 0. The predicted molar refractivity (Wildman–Crippen MR) is 218 cm³/mol. The third kappa shape index (κ3) is 5.31. The van der Waals surface area contributed by atoms with E-state index in [2.05, 4.69) is 212 Å². The second-order valence-electron chi connectivity index (χ2n) is 13.3. The Morgan fingerprint density at radius 2 is 0.824 bits per heavy atom. The average Bonchev–Trinajstić information content (AvgIpc) is 3.54. The molecule has 0 radical (unpaired) electrons. The van der Waals surface area contributed by atoms with E-state index >= 15 is 0 Å². The molecule has 0 atom stereocenters. The molecule has 242 valence electrons. The average molecular weight is 669 g/mol. The summed E-state index contributed by atoms with van der Waals surface area (Å²) in [4.78, 5) is 5.43. The Labute approximate surface area is 300 Å². The lowest BCUT2D eigenvalue weighted by Gasteiger charge is -2.34. The summed E-state index contributed by atoms with van der Waals surface area (Å²) in [6.45, 7) is 2.14. The normalized spacial score (nSPS) is 11.6. The third-order valence-corrected chi connectivity index (χ3v) is 14.9. The molecule has 7 aromatic carbocycles. The molecule has 0 saturated heterocycles. The van der Waals surface area contributed by atoms with Gasteiger partial charge in [0.15, 0.2) is 8.07 Å². The van der Waals surface area contributed by atoms with Crippen LogP contribution in [0.3, 0.4) is 0 Å². The standard InChI is InChI=1S/C48H36N2Si/c1-35-17-15-18-36(31-35)45-33-38(50-47-29-13-11-27-43(47)44-28-12-14-30-48(44)50)34-46(49-45)37-19-16-26-42(32-37)51(39-20-5-2-6-21-39,40-22-7-3-8-23-40)41-24-9-4-10-25-41/h2-34H,1H3. The number of fused-ring (bicyclic) bond motifs is 3. The molecule has 0 saturated carbocycles. The molecule has 51 heavy (non-hydrogen) atoms. The van der Waals surface area contributed by atoms with Crippen LogP contribution in [0.5, 0.6) is 0 Å². The Hall–Kier alpha value is -6.29. The minimum Gasteiger partial charge on any atom is -0.309 e. The van der Waals surface area contributed by atoms with E-state index in [1.165, 1.54) is 48.1 Å². The van der Waals surface area contributed by atoms with Crippen molar-refractivity contribution in [2.24, 2.45) is 0 Å². The van der Waals surface area contributed by atoms with Crippen LogP contribution in [0.4, 0.5) is 0 Å². The second kappa shape index (κ2) is 12.9. The zero-order valence-corrected chi connectivity index (χ0v) is 29.4. The zero-order valence-electron chi connectivity index (χ0n) is 28.4. The second-order valence-corrected chi connectivity index (χ2v) is 17.1. The number of rotatable bonds is 7. The maximum Gasteiger partial charge on any atom is 0.179 e. The van der Waals surface area contributed by atoms with Crippen molar-refractivity contribution in [3.8, 4) is 28.2 Å². The van der Waals surface area contributed by atoms with Crippen LogP contribution in [0.15, 0.2) is 200 Å². The maximum absolute atomic E-state index is 5.43. The first kappa shape index (κ1) is 30.7. The van der Waals surface area contributed by atoms with Gasteiger partial charge >= 0.3 is 0 Å². The highest BCUT2D eigenvalue weighted by molar-refractivity contribution is 7.19. The quantitative estimate of drug-likeness (QED) is 0.122. The fraction of sp³-hybridized carbons (Fsp3) is 0.0208. The number of nitrogens with zero attached hydrogens (tertiary/aromatic N) is 2. The molecule has 0 fully saturated rings. The van der Waals surface area contributed by atoms with E-state index in [0.717, 1.165) is 28.2 Å². The fourth-order valence-corrected chi connectivity index (χ4v) is 12.7. The molecular formula is C48H36N2Si. The Balaban J connectivity index is 1.32. The van der Waals surface area contributed by atoms with Gasteiger partial charge < -0.3 is 4.57 Å². The van der Waals surface area contributed by atoms with Gasteiger partial charge in [0.05, 0.1) is 28.1 Å². The van der Waals surface area contributed by atoms with E-state index in [1.54, 1.807) is 0 Å². The minimum atomic E-state index is -2.72. The van der Waals surface area contributed by atoms with E-state index in [1.807, 2.05) is 0 Å². The van der Waals surface area contributed by atoms with Crippen LogP contribution in [0, 0.1) is 6.92 Å². The number of benzene rings is 7. The molecule has 0 spiro atoms. The monoisotopic (exact) mass is 668 g/mol. The largest absolute Gasteiger partial charge is 0.309 e. The van der Waals surface area contributed by atoms with Gasteiger partial charge in [-0.05, 0) is 58.0 Å². The van der Waals surface area contributed by atoms with Crippen molar-refractivity contribution in [3.05, 3.63) is 206 Å². The fourth-order valence-electron chi connectivity index (χ4n) is 7.92. The SMILES string of the molecule is Cc1cccc(-c2cc(-n3c4ccccc4c4ccccc43)cc(-c3cccc([Si](c4ccccc4)(c4ccccc4)c4ccccc4)c3)n2)c1. The van der Waals surface area contributed by atoms with E-state index in [0.29, 0.717) is 0 Å². The van der Waals surface area contributed by atoms with Crippen molar-refractivity contribution in [1.29, 1.82) is 0 Å². The van der Waals surface area contributed by atoms with Gasteiger partial charge in [-0.15, -0.1) is 0 Å². The molecule has 2 aromatic heterocycles. The van der Waals surface area contributed by atoms with Gasteiger partial charge in [-0.25, -0.2) is 4.98 Å².